The molecule has 0 aromatic heterocycles. The van der Waals surface area contributed by atoms with Gasteiger partial charge in [0.2, 0.25) is 6.79 Å². The van der Waals surface area contributed by atoms with Crippen LogP contribution in [0, 0.1) is 0 Å². The highest BCUT2D eigenvalue weighted by Crippen LogP contribution is 2.32. The third-order valence-corrected chi connectivity index (χ3v) is 2.70. The molecule has 5 nitrogen and oxygen atoms in total. The quantitative estimate of drug-likeness (QED) is 0.653. The SMILES string of the molecule is C=C(Cl)CNC(=NC)NCc1ccc2c(c1)OCO2. The molecule has 6 heteroatoms. The van der Waals surface area contributed by atoms with Gasteiger partial charge >= 0.3 is 0 Å². The van der Waals surface area contributed by atoms with Crippen LogP contribution in [0.4, 0.5) is 0 Å². The minimum absolute atomic E-state index is 0.285. The molecule has 1 aliphatic heterocycles. The average Bonchev–Trinajstić information content (AvgIpc) is 2.86. The molecular formula is C13H16ClN3O2. The predicted molar refractivity (Wildman–Crippen MR) is 75.8 cm³/mol. The first-order valence-electron chi connectivity index (χ1n) is 5.85. The van der Waals surface area contributed by atoms with E-state index >= 15 is 0 Å². The van der Waals surface area contributed by atoms with Gasteiger partial charge in [0, 0.05) is 18.6 Å². The molecule has 2 rings (SSSR count). The summed E-state index contributed by atoms with van der Waals surface area (Å²) in [4.78, 5) is 4.09. The Kier molecular flexibility index (Phi) is 4.52. The second-order valence-electron chi connectivity index (χ2n) is 3.98. The van der Waals surface area contributed by atoms with Crippen molar-refractivity contribution in [2.45, 2.75) is 6.54 Å². The fourth-order valence-electron chi connectivity index (χ4n) is 1.64. The molecule has 19 heavy (non-hydrogen) atoms. The maximum atomic E-state index is 5.69. The minimum atomic E-state index is 0.285. The number of rotatable bonds is 4. The van der Waals surface area contributed by atoms with E-state index in [0.717, 1.165) is 17.1 Å². The van der Waals surface area contributed by atoms with Crippen LogP contribution < -0.4 is 20.1 Å². The van der Waals surface area contributed by atoms with Crippen LogP contribution in [-0.4, -0.2) is 26.3 Å². The first kappa shape index (κ1) is 13.5. The van der Waals surface area contributed by atoms with Gasteiger partial charge in [-0.2, -0.15) is 0 Å². The van der Waals surface area contributed by atoms with Crippen LogP contribution in [0.2, 0.25) is 0 Å². The summed E-state index contributed by atoms with van der Waals surface area (Å²) in [6.45, 7) is 5.00. The van der Waals surface area contributed by atoms with Crippen LogP contribution >= 0.6 is 11.6 Å². The lowest BCUT2D eigenvalue weighted by atomic mass is 10.2. The first-order chi connectivity index (χ1) is 9.19. The van der Waals surface area contributed by atoms with E-state index in [1.54, 1.807) is 7.05 Å². The Morgan fingerprint density at radius 2 is 2.16 bits per heavy atom. The second-order valence-corrected chi connectivity index (χ2v) is 4.52. The van der Waals surface area contributed by atoms with Gasteiger partial charge in [-0.1, -0.05) is 24.2 Å². The van der Waals surface area contributed by atoms with Crippen LogP contribution in [0.25, 0.3) is 0 Å². The largest absolute Gasteiger partial charge is 0.454 e. The van der Waals surface area contributed by atoms with Gasteiger partial charge in [0.1, 0.15) is 0 Å². The summed E-state index contributed by atoms with van der Waals surface area (Å²) < 4.78 is 10.6. The first-order valence-corrected chi connectivity index (χ1v) is 6.23. The predicted octanol–water partition coefficient (Wildman–Crippen LogP) is 1.83. The number of halogens is 1. The number of hydrogen-bond donors (Lipinski definition) is 2. The third-order valence-electron chi connectivity index (χ3n) is 2.57. The number of nitrogens with one attached hydrogen (secondary N) is 2. The van der Waals surface area contributed by atoms with E-state index in [4.69, 9.17) is 21.1 Å². The van der Waals surface area contributed by atoms with Crippen LogP contribution in [-0.2, 0) is 6.54 Å². The normalized spacial score (nSPS) is 13.3. The monoisotopic (exact) mass is 281 g/mol. The maximum Gasteiger partial charge on any atom is 0.231 e. The Balaban J connectivity index is 1.89. The lowest BCUT2D eigenvalue weighted by Crippen LogP contribution is -2.37. The summed E-state index contributed by atoms with van der Waals surface area (Å²) in [5, 5.41) is 6.75. The molecule has 0 atom stereocenters. The van der Waals surface area contributed by atoms with E-state index in [1.807, 2.05) is 18.2 Å². The summed E-state index contributed by atoms with van der Waals surface area (Å²) in [5.74, 6) is 2.22. The van der Waals surface area contributed by atoms with E-state index in [0.29, 0.717) is 24.1 Å². The van der Waals surface area contributed by atoms with Crippen molar-refractivity contribution in [3.05, 3.63) is 35.4 Å². The molecule has 1 aliphatic rings. The van der Waals surface area contributed by atoms with Crippen molar-refractivity contribution in [2.24, 2.45) is 4.99 Å². The highest BCUT2D eigenvalue weighted by atomic mass is 35.5. The second kappa shape index (κ2) is 6.33. The molecule has 0 spiro atoms. The molecule has 0 radical (unpaired) electrons. The zero-order valence-corrected chi connectivity index (χ0v) is 11.5. The van der Waals surface area contributed by atoms with Crippen molar-refractivity contribution < 1.29 is 9.47 Å². The van der Waals surface area contributed by atoms with E-state index in [-0.39, 0.29) is 6.79 Å². The maximum absolute atomic E-state index is 5.69. The Morgan fingerprint density at radius 1 is 1.37 bits per heavy atom. The number of aliphatic imine (C=N–C) groups is 1. The fraction of sp³-hybridized carbons (Fsp3) is 0.308. The lowest BCUT2D eigenvalue weighted by Gasteiger charge is -2.11. The Hall–Kier alpha value is -1.88. The van der Waals surface area contributed by atoms with Crippen LogP contribution in [0.5, 0.6) is 11.5 Å². The molecule has 0 amide bonds. The molecule has 0 unspecified atom stereocenters. The molecule has 0 saturated heterocycles. The molecule has 102 valence electrons. The summed E-state index contributed by atoms with van der Waals surface area (Å²) in [5.41, 5.74) is 1.08. The molecule has 1 heterocycles. The summed E-state index contributed by atoms with van der Waals surface area (Å²) in [6.07, 6.45) is 0. The van der Waals surface area contributed by atoms with Gasteiger partial charge < -0.3 is 20.1 Å². The number of hydrogen-bond acceptors (Lipinski definition) is 3. The van der Waals surface area contributed by atoms with Crippen molar-refractivity contribution in [1.29, 1.82) is 0 Å². The number of nitrogens with zero attached hydrogens (tertiary/aromatic N) is 1. The Bertz CT molecular complexity index is 503. The van der Waals surface area contributed by atoms with Crippen molar-refractivity contribution in [3.8, 4) is 11.5 Å². The summed E-state index contributed by atoms with van der Waals surface area (Å²) >= 11 is 5.69. The zero-order chi connectivity index (χ0) is 13.7. The van der Waals surface area contributed by atoms with Crippen LogP contribution in [0.3, 0.4) is 0 Å². The van der Waals surface area contributed by atoms with Crippen molar-refractivity contribution in [3.63, 3.8) is 0 Å². The van der Waals surface area contributed by atoms with Crippen LogP contribution in [0.1, 0.15) is 5.56 Å². The number of fused-ring (bicyclic) bond motifs is 1. The van der Waals surface area contributed by atoms with Gasteiger partial charge in [-0.3, -0.25) is 4.99 Å². The lowest BCUT2D eigenvalue weighted by molar-refractivity contribution is 0.174. The standard InChI is InChI=1S/C13H16ClN3O2/c1-9(14)6-16-13(15-2)17-7-10-3-4-11-12(5-10)19-8-18-11/h3-5H,1,6-8H2,2H3,(H2,15,16,17). The molecule has 0 saturated carbocycles. The third kappa shape index (κ3) is 3.79. The van der Waals surface area contributed by atoms with Gasteiger partial charge in [0.25, 0.3) is 0 Å². The molecule has 2 N–H and O–H groups in total. The zero-order valence-electron chi connectivity index (χ0n) is 10.7. The average molecular weight is 282 g/mol. The van der Waals surface area contributed by atoms with Crippen molar-refractivity contribution in [2.75, 3.05) is 20.4 Å². The fourth-order valence-corrected chi connectivity index (χ4v) is 1.70. The van der Waals surface area contributed by atoms with Crippen LogP contribution in [0.15, 0.2) is 34.8 Å². The number of ether oxygens (including phenoxy) is 2. The molecule has 0 aliphatic carbocycles. The molecule has 1 aromatic rings. The Labute approximate surface area is 117 Å². The summed E-state index contributed by atoms with van der Waals surface area (Å²) in [6, 6.07) is 5.83. The molecule has 0 fully saturated rings. The Morgan fingerprint density at radius 3 is 2.89 bits per heavy atom. The highest BCUT2D eigenvalue weighted by Gasteiger charge is 2.13. The molecule has 0 bridgehead atoms. The van der Waals surface area contributed by atoms with E-state index in [2.05, 4.69) is 22.2 Å². The summed E-state index contributed by atoms with van der Waals surface area (Å²) in [7, 11) is 1.70. The van der Waals surface area contributed by atoms with Gasteiger partial charge in [-0.25, -0.2) is 0 Å². The smallest absolute Gasteiger partial charge is 0.231 e. The number of benzene rings is 1. The highest BCUT2D eigenvalue weighted by molar-refractivity contribution is 6.29. The van der Waals surface area contributed by atoms with Gasteiger partial charge in [0.15, 0.2) is 17.5 Å². The molecular weight excluding hydrogens is 266 g/mol. The van der Waals surface area contributed by atoms with Gasteiger partial charge in [0.05, 0.1) is 6.54 Å². The van der Waals surface area contributed by atoms with Gasteiger partial charge in [-0.15, -0.1) is 0 Å². The van der Waals surface area contributed by atoms with Crippen molar-refractivity contribution >= 4 is 17.6 Å². The number of guanidine groups is 1. The van der Waals surface area contributed by atoms with E-state index in [9.17, 15) is 0 Å². The van der Waals surface area contributed by atoms with Gasteiger partial charge in [-0.05, 0) is 17.7 Å². The minimum Gasteiger partial charge on any atom is -0.454 e. The van der Waals surface area contributed by atoms with E-state index < -0.39 is 0 Å². The molecule has 1 aromatic carbocycles. The topological polar surface area (TPSA) is 54.9 Å². The van der Waals surface area contributed by atoms with Crippen molar-refractivity contribution in [1.82, 2.24) is 10.6 Å². The van der Waals surface area contributed by atoms with E-state index in [1.165, 1.54) is 0 Å².